The van der Waals surface area contributed by atoms with E-state index in [4.69, 9.17) is 0 Å². The summed E-state index contributed by atoms with van der Waals surface area (Å²) in [6.45, 7) is 4.75. The van der Waals surface area contributed by atoms with Crippen LogP contribution in [-0.2, 0) is 6.42 Å². The second-order valence-corrected chi connectivity index (χ2v) is 5.40. The molecule has 1 aromatic heterocycles. The molecule has 100 valence electrons. The fourth-order valence-corrected chi connectivity index (χ4v) is 2.87. The average molecular weight is 263 g/mol. The van der Waals surface area contributed by atoms with Crippen molar-refractivity contribution in [2.75, 3.05) is 11.9 Å². The van der Waals surface area contributed by atoms with Crippen molar-refractivity contribution in [1.29, 1.82) is 5.26 Å². The summed E-state index contributed by atoms with van der Waals surface area (Å²) in [5.41, 5.74) is 5.44. The number of hydrogen-bond donors (Lipinski definition) is 1. The van der Waals surface area contributed by atoms with Crippen molar-refractivity contribution >= 4 is 5.82 Å². The van der Waals surface area contributed by atoms with Crippen molar-refractivity contribution in [3.8, 4) is 6.07 Å². The van der Waals surface area contributed by atoms with Gasteiger partial charge in [0, 0.05) is 18.2 Å². The monoisotopic (exact) mass is 263 g/mol. The fraction of sp³-hybridized carbons (Fsp3) is 0.294. The Hall–Kier alpha value is -2.34. The zero-order valence-corrected chi connectivity index (χ0v) is 11.8. The van der Waals surface area contributed by atoms with Gasteiger partial charge in [-0.05, 0) is 43.0 Å². The van der Waals surface area contributed by atoms with Crippen LogP contribution in [0.4, 0.5) is 5.82 Å². The molecule has 0 amide bonds. The second-order valence-electron chi connectivity index (χ2n) is 5.40. The lowest BCUT2D eigenvalue weighted by Gasteiger charge is -2.30. The quantitative estimate of drug-likeness (QED) is 0.924. The Kier molecular flexibility index (Phi) is 3.15. The maximum Gasteiger partial charge on any atom is 0.144 e. The lowest BCUT2D eigenvalue weighted by atomic mass is 9.77. The van der Waals surface area contributed by atoms with Crippen molar-refractivity contribution in [2.24, 2.45) is 0 Å². The minimum absolute atomic E-state index is 0.528. The predicted molar refractivity (Wildman–Crippen MR) is 79.8 cm³/mol. The summed E-state index contributed by atoms with van der Waals surface area (Å²) >= 11 is 0. The van der Waals surface area contributed by atoms with Gasteiger partial charge in [-0.3, -0.25) is 0 Å². The van der Waals surface area contributed by atoms with Crippen molar-refractivity contribution in [1.82, 2.24) is 4.98 Å². The number of nitriles is 1. The van der Waals surface area contributed by atoms with Crippen LogP contribution in [0.2, 0.25) is 0 Å². The van der Waals surface area contributed by atoms with E-state index >= 15 is 0 Å². The lowest BCUT2D eigenvalue weighted by Crippen LogP contribution is -2.24. The van der Waals surface area contributed by atoms with Gasteiger partial charge in [-0.25, -0.2) is 4.98 Å². The number of hydrogen-bond acceptors (Lipinski definition) is 3. The highest BCUT2D eigenvalue weighted by Crippen LogP contribution is 2.34. The Bertz CT molecular complexity index is 698. The third-order valence-electron chi connectivity index (χ3n) is 3.93. The van der Waals surface area contributed by atoms with Crippen LogP contribution in [0.1, 0.15) is 33.9 Å². The van der Waals surface area contributed by atoms with Gasteiger partial charge in [0.1, 0.15) is 11.9 Å². The summed E-state index contributed by atoms with van der Waals surface area (Å²) in [7, 11) is 0. The van der Waals surface area contributed by atoms with Crippen LogP contribution >= 0.6 is 0 Å². The summed E-state index contributed by atoms with van der Waals surface area (Å²) in [5, 5.41) is 12.6. The van der Waals surface area contributed by atoms with E-state index in [1.54, 1.807) is 0 Å². The molecular weight excluding hydrogens is 246 g/mol. The first-order valence-corrected chi connectivity index (χ1v) is 6.89. The van der Waals surface area contributed by atoms with Gasteiger partial charge in [0.2, 0.25) is 0 Å². The van der Waals surface area contributed by atoms with E-state index in [-0.39, 0.29) is 0 Å². The lowest BCUT2D eigenvalue weighted by molar-refractivity contribution is 0.634. The van der Waals surface area contributed by atoms with Crippen molar-refractivity contribution in [3.63, 3.8) is 0 Å². The van der Waals surface area contributed by atoms with Crippen LogP contribution in [0, 0.1) is 25.2 Å². The molecule has 0 saturated carbocycles. The summed E-state index contributed by atoms with van der Waals surface area (Å²) in [4.78, 5) is 4.46. The average Bonchev–Trinajstić information content (AvgIpc) is 2.39. The summed E-state index contributed by atoms with van der Waals surface area (Å²) in [6.07, 6.45) is 1.11. The van der Waals surface area contributed by atoms with Gasteiger partial charge in [0.05, 0.1) is 5.56 Å². The molecule has 3 rings (SSSR count). The molecule has 1 heterocycles. The van der Waals surface area contributed by atoms with E-state index in [2.05, 4.69) is 40.6 Å². The Morgan fingerprint density at radius 3 is 2.90 bits per heavy atom. The maximum absolute atomic E-state index is 9.25. The second kappa shape index (κ2) is 4.97. The highest BCUT2D eigenvalue weighted by molar-refractivity contribution is 5.57. The van der Waals surface area contributed by atoms with Gasteiger partial charge < -0.3 is 5.32 Å². The van der Waals surface area contributed by atoms with Gasteiger partial charge in [0.15, 0.2) is 0 Å². The van der Waals surface area contributed by atoms with Crippen molar-refractivity contribution < 1.29 is 0 Å². The van der Waals surface area contributed by atoms with Crippen molar-refractivity contribution in [3.05, 3.63) is 58.3 Å². The summed E-state index contributed by atoms with van der Waals surface area (Å²) in [6, 6.07) is 12.7. The molecule has 2 aromatic rings. The minimum atomic E-state index is 0.528. The third-order valence-corrected chi connectivity index (χ3v) is 3.93. The number of pyridine rings is 1. The van der Waals surface area contributed by atoms with E-state index in [1.165, 1.54) is 11.1 Å². The molecular formula is C17H17N3. The Labute approximate surface area is 119 Å². The number of aryl methyl sites for hydroxylation is 2. The Balaban J connectivity index is 1.76. The highest BCUT2D eigenvalue weighted by Gasteiger charge is 2.25. The summed E-state index contributed by atoms with van der Waals surface area (Å²) < 4.78 is 0. The maximum atomic E-state index is 9.25. The molecule has 1 atom stereocenters. The van der Waals surface area contributed by atoms with Gasteiger partial charge in [-0.2, -0.15) is 5.26 Å². The van der Waals surface area contributed by atoms with Gasteiger partial charge in [-0.15, -0.1) is 0 Å². The van der Waals surface area contributed by atoms with E-state index in [1.807, 2.05) is 19.9 Å². The standard InChI is InChI=1S/C17H17N3/c1-11-7-12(2)20-17(16(11)9-18)19-10-14-8-13-5-3-4-6-15(13)14/h3-7,14H,8,10H2,1-2H3,(H,19,20). The molecule has 1 N–H and O–H groups in total. The van der Waals surface area contributed by atoms with E-state index in [0.717, 1.165) is 30.0 Å². The fourth-order valence-electron chi connectivity index (χ4n) is 2.87. The molecule has 3 heteroatoms. The Morgan fingerprint density at radius 1 is 1.35 bits per heavy atom. The minimum Gasteiger partial charge on any atom is -0.368 e. The molecule has 1 unspecified atom stereocenters. The first kappa shape index (κ1) is 12.7. The number of aromatic nitrogens is 1. The smallest absolute Gasteiger partial charge is 0.144 e. The van der Waals surface area contributed by atoms with Gasteiger partial charge >= 0.3 is 0 Å². The summed E-state index contributed by atoms with van der Waals surface area (Å²) in [5.74, 6) is 1.25. The van der Waals surface area contributed by atoms with E-state index in [9.17, 15) is 5.26 Å². The zero-order valence-electron chi connectivity index (χ0n) is 11.8. The highest BCUT2D eigenvalue weighted by atomic mass is 15.0. The normalized spacial score (nSPS) is 15.9. The molecule has 0 radical (unpaired) electrons. The number of anilines is 1. The van der Waals surface area contributed by atoms with Crippen LogP contribution < -0.4 is 5.32 Å². The predicted octanol–water partition coefficient (Wildman–Crippen LogP) is 3.32. The van der Waals surface area contributed by atoms with Crippen LogP contribution in [0.5, 0.6) is 0 Å². The Morgan fingerprint density at radius 2 is 2.15 bits per heavy atom. The molecule has 0 fully saturated rings. The van der Waals surface area contributed by atoms with Crippen molar-refractivity contribution in [2.45, 2.75) is 26.2 Å². The molecule has 0 spiro atoms. The molecule has 0 aliphatic heterocycles. The number of fused-ring (bicyclic) bond motifs is 1. The third kappa shape index (κ3) is 2.14. The largest absolute Gasteiger partial charge is 0.368 e. The first-order chi connectivity index (χ1) is 9.69. The molecule has 0 bridgehead atoms. The van der Waals surface area contributed by atoms with Gasteiger partial charge in [0.25, 0.3) is 0 Å². The first-order valence-electron chi connectivity index (χ1n) is 6.89. The molecule has 1 aromatic carbocycles. The molecule has 20 heavy (non-hydrogen) atoms. The van der Waals surface area contributed by atoms with Crippen LogP contribution in [0.3, 0.4) is 0 Å². The number of nitrogens with zero attached hydrogens (tertiary/aromatic N) is 2. The van der Waals surface area contributed by atoms with Gasteiger partial charge in [-0.1, -0.05) is 24.3 Å². The molecule has 3 nitrogen and oxygen atoms in total. The van der Waals surface area contributed by atoms with Crippen LogP contribution in [-0.4, -0.2) is 11.5 Å². The SMILES string of the molecule is Cc1cc(C)c(C#N)c(NCC2Cc3ccccc32)n1. The van der Waals surface area contributed by atoms with Crippen LogP contribution in [0.15, 0.2) is 30.3 Å². The zero-order chi connectivity index (χ0) is 14.1. The number of nitrogens with one attached hydrogen (secondary N) is 1. The molecule has 0 saturated heterocycles. The van der Waals surface area contributed by atoms with E-state index < -0.39 is 0 Å². The molecule has 1 aliphatic carbocycles. The topological polar surface area (TPSA) is 48.7 Å². The van der Waals surface area contributed by atoms with Crippen LogP contribution in [0.25, 0.3) is 0 Å². The number of rotatable bonds is 3. The number of benzene rings is 1. The molecule has 1 aliphatic rings. The van der Waals surface area contributed by atoms with E-state index in [0.29, 0.717) is 11.5 Å².